The second kappa shape index (κ2) is 2.85. The first-order valence-electron chi connectivity index (χ1n) is 4.55. The molecule has 1 aromatic rings. The summed E-state index contributed by atoms with van der Waals surface area (Å²) in [5, 5.41) is 0. The number of carbonyl (C=O) groups is 1. The lowest BCUT2D eigenvalue weighted by Gasteiger charge is -2.11. The van der Waals surface area contributed by atoms with E-state index in [1.165, 1.54) is 9.80 Å². The van der Waals surface area contributed by atoms with Crippen LogP contribution in [0.3, 0.4) is 0 Å². The maximum Gasteiger partial charge on any atom is 0.168 e. The van der Waals surface area contributed by atoms with E-state index in [4.69, 9.17) is 0 Å². The monoisotopic (exact) mass is 200 g/mol. The van der Waals surface area contributed by atoms with Gasteiger partial charge in [0.25, 0.3) is 0 Å². The van der Waals surface area contributed by atoms with Crippen LogP contribution in [0.5, 0.6) is 0 Å². The highest BCUT2D eigenvalue weighted by molar-refractivity contribution is 8.03. The maximum absolute atomic E-state index is 11.7. The first-order valence-corrected chi connectivity index (χ1v) is 5.37. The summed E-state index contributed by atoms with van der Waals surface area (Å²) in [6.45, 7) is 0. The number of fused-ring (bicyclic) bond motifs is 3. The van der Waals surface area contributed by atoms with Gasteiger partial charge in [-0.3, -0.25) is 4.79 Å². The number of carbonyl (C=O) groups excluding carboxylic acids is 1. The van der Waals surface area contributed by atoms with E-state index in [1.807, 2.05) is 30.4 Å². The first kappa shape index (κ1) is 8.06. The molecule has 1 aliphatic heterocycles. The molecule has 68 valence electrons. The largest absolute Gasteiger partial charge is 0.294 e. The predicted molar refractivity (Wildman–Crippen MR) is 57.3 cm³/mol. The topological polar surface area (TPSA) is 17.1 Å². The molecule has 0 aromatic heterocycles. The van der Waals surface area contributed by atoms with Crippen LogP contribution in [0.1, 0.15) is 11.5 Å². The highest BCUT2D eigenvalue weighted by atomic mass is 32.2. The molecular weight excluding hydrogens is 192 g/mol. The van der Waals surface area contributed by atoms with E-state index < -0.39 is 0 Å². The van der Waals surface area contributed by atoms with Gasteiger partial charge in [0.05, 0.1) is 5.92 Å². The molecule has 2 heteroatoms. The lowest BCUT2D eigenvalue weighted by Crippen LogP contribution is -2.10. The number of hydrogen-bond donors (Lipinski definition) is 0. The third-order valence-electron chi connectivity index (χ3n) is 2.55. The Morgan fingerprint density at radius 3 is 3.00 bits per heavy atom. The number of thioether (sulfide) groups is 1. The van der Waals surface area contributed by atoms with Crippen LogP contribution < -0.4 is 0 Å². The Bertz CT molecular complexity index is 471. The highest BCUT2D eigenvalue weighted by Gasteiger charge is 2.33. The lowest BCUT2D eigenvalue weighted by molar-refractivity contribution is -0.115. The van der Waals surface area contributed by atoms with E-state index in [1.54, 1.807) is 17.8 Å². The molecule has 3 rings (SSSR count). The van der Waals surface area contributed by atoms with Crippen molar-refractivity contribution in [2.75, 3.05) is 0 Å². The molecule has 1 heterocycles. The number of ketones is 1. The molecule has 1 aromatic carbocycles. The zero-order chi connectivity index (χ0) is 9.54. The normalized spacial score (nSPS) is 23.0. The molecule has 2 aliphatic rings. The molecule has 0 amide bonds. The lowest BCUT2D eigenvalue weighted by atomic mass is 9.92. The molecule has 0 spiro atoms. The number of benzene rings is 1. The zero-order valence-electron chi connectivity index (χ0n) is 7.44. The Morgan fingerprint density at radius 1 is 1.21 bits per heavy atom. The molecule has 1 unspecified atom stereocenters. The van der Waals surface area contributed by atoms with Crippen LogP contribution in [-0.4, -0.2) is 5.78 Å². The van der Waals surface area contributed by atoms with Crippen molar-refractivity contribution in [3.05, 3.63) is 53.0 Å². The zero-order valence-corrected chi connectivity index (χ0v) is 8.25. The van der Waals surface area contributed by atoms with Crippen molar-refractivity contribution in [1.29, 1.82) is 0 Å². The molecule has 14 heavy (non-hydrogen) atoms. The summed E-state index contributed by atoms with van der Waals surface area (Å²) in [5.74, 6) is 0.196. The van der Waals surface area contributed by atoms with Crippen LogP contribution in [0.25, 0.3) is 0 Å². The quantitative estimate of drug-likeness (QED) is 0.640. The van der Waals surface area contributed by atoms with Gasteiger partial charge < -0.3 is 0 Å². The average Bonchev–Trinajstić information content (AvgIpc) is 2.57. The molecule has 0 fully saturated rings. The highest BCUT2D eigenvalue weighted by Crippen LogP contribution is 2.49. The van der Waals surface area contributed by atoms with Crippen LogP contribution in [0.15, 0.2) is 52.3 Å². The van der Waals surface area contributed by atoms with E-state index >= 15 is 0 Å². The maximum atomic E-state index is 11.7. The smallest absolute Gasteiger partial charge is 0.168 e. The molecule has 1 aliphatic carbocycles. The molecule has 0 saturated carbocycles. The third-order valence-corrected chi connectivity index (χ3v) is 3.75. The first-order chi connectivity index (χ1) is 6.86. The van der Waals surface area contributed by atoms with Gasteiger partial charge in [0.2, 0.25) is 0 Å². The van der Waals surface area contributed by atoms with Crippen molar-refractivity contribution in [2.45, 2.75) is 10.8 Å². The van der Waals surface area contributed by atoms with E-state index in [2.05, 4.69) is 6.07 Å². The van der Waals surface area contributed by atoms with Gasteiger partial charge >= 0.3 is 0 Å². The van der Waals surface area contributed by atoms with Gasteiger partial charge in [-0.2, -0.15) is 0 Å². The standard InChI is InChI=1S/C12H8OS/c13-9-5-3-7-11-12(9)8-4-1-2-6-10(8)14-11/h1-7,12H. The fraction of sp³-hybridized carbons (Fsp3) is 0.0833. The second-order valence-corrected chi connectivity index (χ2v) is 4.52. The summed E-state index contributed by atoms with van der Waals surface area (Å²) in [5.41, 5.74) is 1.16. The van der Waals surface area contributed by atoms with Gasteiger partial charge in [-0.25, -0.2) is 0 Å². The van der Waals surface area contributed by atoms with Crippen LogP contribution >= 0.6 is 11.8 Å². The molecule has 0 radical (unpaired) electrons. The van der Waals surface area contributed by atoms with E-state index in [0.717, 1.165) is 5.56 Å². The summed E-state index contributed by atoms with van der Waals surface area (Å²) in [4.78, 5) is 14.1. The minimum atomic E-state index is -0.0128. The van der Waals surface area contributed by atoms with Gasteiger partial charge in [0.15, 0.2) is 5.78 Å². The van der Waals surface area contributed by atoms with Crippen LogP contribution in [0.2, 0.25) is 0 Å². The predicted octanol–water partition coefficient (Wildman–Crippen LogP) is 2.90. The summed E-state index contributed by atoms with van der Waals surface area (Å²) < 4.78 is 0. The van der Waals surface area contributed by atoms with E-state index in [0.29, 0.717) is 0 Å². The molecule has 0 saturated heterocycles. The summed E-state index contributed by atoms with van der Waals surface area (Å²) in [6.07, 6.45) is 5.54. The van der Waals surface area contributed by atoms with Gasteiger partial charge in [0.1, 0.15) is 0 Å². The van der Waals surface area contributed by atoms with Crippen LogP contribution in [-0.2, 0) is 4.79 Å². The van der Waals surface area contributed by atoms with Crippen LogP contribution in [0, 0.1) is 0 Å². The Morgan fingerprint density at radius 2 is 2.07 bits per heavy atom. The van der Waals surface area contributed by atoms with Crippen molar-refractivity contribution in [3.63, 3.8) is 0 Å². The van der Waals surface area contributed by atoms with Crippen LogP contribution in [0.4, 0.5) is 0 Å². The Labute approximate surface area is 86.5 Å². The SMILES string of the molecule is O=C1C=CC=C2Sc3ccccc3C12. The van der Waals surface area contributed by atoms with Crippen molar-refractivity contribution in [3.8, 4) is 0 Å². The molecule has 1 nitrogen and oxygen atoms in total. The van der Waals surface area contributed by atoms with Gasteiger partial charge in [-0.05, 0) is 17.7 Å². The van der Waals surface area contributed by atoms with Crippen molar-refractivity contribution >= 4 is 17.5 Å². The van der Waals surface area contributed by atoms with Crippen molar-refractivity contribution in [1.82, 2.24) is 0 Å². The molecule has 1 atom stereocenters. The fourth-order valence-corrected chi connectivity index (χ4v) is 3.12. The van der Waals surface area contributed by atoms with Crippen molar-refractivity contribution in [2.24, 2.45) is 0 Å². The minimum Gasteiger partial charge on any atom is -0.294 e. The fourth-order valence-electron chi connectivity index (χ4n) is 1.91. The van der Waals surface area contributed by atoms with E-state index in [9.17, 15) is 4.79 Å². The number of rotatable bonds is 0. The average molecular weight is 200 g/mol. The number of hydrogen-bond acceptors (Lipinski definition) is 2. The molecule has 0 bridgehead atoms. The van der Waals surface area contributed by atoms with E-state index in [-0.39, 0.29) is 11.7 Å². The molecule has 0 N–H and O–H groups in total. The summed E-state index contributed by atoms with van der Waals surface area (Å²) >= 11 is 1.71. The molecular formula is C12H8OS. The van der Waals surface area contributed by atoms with Gasteiger partial charge in [-0.1, -0.05) is 42.1 Å². The minimum absolute atomic E-state index is 0.0128. The Hall–Kier alpha value is -1.28. The third kappa shape index (κ3) is 1.01. The number of allylic oxidation sites excluding steroid dienone is 4. The second-order valence-electron chi connectivity index (χ2n) is 3.40. The Kier molecular flexibility index (Phi) is 1.64. The summed E-state index contributed by atoms with van der Waals surface area (Å²) in [6, 6.07) is 8.13. The Balaban J connectivity index is 2.19. The van der Waals surface area contributed by atoms with Gasteiger partial charge in [0, 0.05) is 9.80 Å². The van der Waals surface area contributed by atoms with Crippen molar-refractivity contribution < 1.29 is 4.79 Å². The summed E-state index contributed by atoms with van der Waals surface area (Å²) in [7, 11) is 0. The van der Waals surface area contributed by atoms with Gasteiger partial charge in [-0.15, -0.1) is 0 Å².